The van der Waals surface area contributed by atoms with Crippen LogP contribution in [0.2, 0.25) is 0 Å². The van der Waals surface area contributed by atoms with Crippen molar-refractivity contribution in [3.63, 3.8) is 0 Å². The lowest BCUT2D eigenvalue weighted by atomic mass is 10.00. The molecule has 0 spiro atoms. The first-order valence-electron chi connectivity index (χ1n) is 43.2. The standard InChI is InChI=1S/C34H22BrN3.C27H17BrN4.2C26H16BrN5/c35-27-15-18-32-29(22-27)34-33(12-7-19-36-34)38(32)28-16-13-23(14-17-28)26-20-30(24-8-3-1-4-9-24)37-31(21-26)25-10-5-2-6-11-25;28-20-9-10-25-22(17-20)27-26(8-5-13-31-27)32(25)21-15-18(23-6-1-3-11-29-23)14-19(16-21)24-7-2-4-12-30-24;27-17-9-10-24-19(14-17)26-25(8-5-13-30-26)32(24)18-15-22(20-6-1-3-11-28-20)31-23(16-18)21-7-2-4-12-29-21;27-19-13-14-21-20(16-19)23-22(12-7-15-28-23)32(21)26-30-24(17-8-3-1-4-9-17)29-25(31-26)18-10-5-2-6-11-18/h1-22H;1-17H;2*1-16H. The van der Waals surface area contributed by atoms with E-state index < -0.39 is 0 Å². The average Bonchev–Trinajstić information content (AvgIpc) is 1.60. The summed E-state index contributed by atoms with van der Waals surface area (Å²) in [6.45, 7) is 0. The topological polar surface area (TPSA) is 187 Å². The van der Waals surface area contributed by atoms with Gasteiger partial charge < -0.3 is 13.7 Å². The van der Waals surface area contributed by atoms with E-state index in [0.29, 0.717) is 17.6 Å². The third-order valence-electron chi connectivity index (χ3n) is 23.3. The van der Waals surface area contributed by atoms with Crippen molar-refractivity contribution in [2.75, 3.05) is 0 Å². The highest BCUT2D eigenvalue weighted by atomic mass is 79.9. The van der Waals surface area contributed by atoms with Gasteiger partial charge in [-0.1, -0.05) is 221 Å². The lowest BCUT2D eigenvalue weighted by molar-refractivity contribution is 0.953. The van der Waals surface area contributed by atoms with E-state index in [2.05, 4.69) is 312 Å². The van der Waals surface area contributed by atoms with Crippen molar-refractivity contribution in [3.05, 3.63) is 450 Å². The van der Waals surface area contributed by atoms with Crippen LogP contribution >= 0.6 is 63.7 Å². The number of hydrogen-bond donors (Lipinski definition) is 0. The predicted octanol–water partition coefficient (Wildman–Crippen LogP) is 29.3. The molecule has 0 saturated heterocycles. The molecule has 0 unspecified atom stereocenters. The fourth-order valence-corrected chi connectivity index (χ4v) is 18.7. The van der Waals surface area contributed by atoms with Gasteiger partial charge in [-0.15, -0.1) is 0 Å². The van der Waals surface area contributed by atoms with Crippen LogP contribution in [0.5, 0.6) is 0 Å². The van der Waals surface area contributed by atoms with Crippen LogP contribution < -0.4 is 0 Å². The summed E-state index contributed by atoms with van der Waals surface area (Å²) in [6, 6.07) is 130. The summed E-state index contributed by atoms with van der Waals surface area (Å²) < 4.78 is 12.9. The summed E-state index contributed by atoms with van der Waals surface area (Å²) in [5, 5.41) is 4.37. The molecule has 25 aromatic rings. The molecule has 10 aromatic carbocycles. The molecular formula is C113H71Br4N17. The Kier molecular flexibility index (Phi) is 23.0. The molecule has 0 saturated carbocycles. The zero-order valence-electron chi connectivity index (χ0n) is 71.1. The molecule has 0 radical (unpaired) electrons. The van der Waals surface area contributed by atoms with E-state index in [0.717, 1.165) is 213 Å². The third-order valence-corrected chi connectivity index (χ3v) is 25.2. The van der Waals surface area contributed by atoms with Gasteiger partial charge in [-0.3, -0.25) is 44.4 Å². The summed E-state index contributed by atoms with van der Waals surface area (Å²) >= 11 is 14.4. The summed E-state index contributed by atoms with van der Waals surface area (Å²) in [5.74, 6) is 1.82. The average molecular weight is 1990 g/mol. The number of rotatable bonds is 13. The second-order valence-corrected chi connectivity index (χ2v) is 35.3. The summed E-state index contributed by atoms with van der Waals surface area (Å²) in [6.07, 6.45) is 14.6. The first-order chi connectivity index (χ1) is 66.1. The summed E-state index contributed by atoms with van der Waals surface area (Å²) in [5.41, 5.74) is 30.9. The van der Waals surface area contributed by atoms with E-state index in [-0.39, 0.29) is 0 Å². The lowest BCUT2D eigenvalue weighted by Gasteiger charge is -2.13. The first-order valence-corrected chi connectivity index (χ1v) is 46.4. The molecule has 15 aromatic heterocycles. The number of hydrogen-bond acceptors (Lipinski definition) is 13. The van der Waals surface area contributed by atoms with Gasteiger partial charge in [-0.25, -0.2) is 15.0 Å². The normalized spacial score (nSPS) is 11.3. The Balaban J connectivity index is 0.000000104. The molecule has 0 bridgehead atoms. The van der Waals surface area contributed by atoms with E-state index in [9.17, 15) is 0 Å². The number of nitrogens with zero attached hydrogens (tertiary/aromatic N) is 17. The lowest BCUT2D eigenvalue weighted by Crippen LogP contribution is -2.06. The highest BCUT2D eigenvalue weighted by Crippen LogP contribution is 2.42. The smallest absolute Gasteiger partial charge is 0.238 e. The van der Waals surface area contributed by atoms with Crippen LogP contribution in [-0.2, 0) is 0 Å². The Hall–Kier alpha value is -16.2. The Morgan fingerprint density at radius 1 is 0.164 bits per heavy atom. The minimum atomic E-state index is 0.563. The first kappa shape index (κ1) is 83.4. The Morgan fingerprint density at radius 3 is 0.843 bits per heavy atom. The third kappa shape index (κ3) is 16.8. The van der Waals surface area contributed by atoms with Crippen LogP contribution in [0, 0.1) is 0 Å². The number of fused-ring (bicyclic) bond motifs is 12. The number of halogens is 4. The molecule has 0 amide bonds. The van der Waals surface area contributed by atoms with Crippen molar-refractivity contribution in [2.45, 2.75) is 0 Å². The quantitative estimate of drug-likeness (QED) is 0.106. The molecule has 25 rings (SSSR count). The Labute approximate surface area is 802 Å². The van der Waals surface area contributed by atoms with E-state index in [1.54, 1.807) is 12.4 Å². The zero-order valence-corrected chi connectivity index (χ0v) is 77.5. The zero-order chi connectivity index (χ0) is 90.0. The van der Waals surface area contributed by atoms with Crippen LogP contribution in [-0.4, -0.2) is 83.1 Å². The van der Waals surface area contributed by atoms with Crippen LogP contribution in [0.3, 0.4) is 0 Å². The predicted molar refractivity (Wildman–Crippen MR) is 554 cm³/mol. The van der Waals surface area contributed by atoms with Gasteiger partial charge in [0.1, 0.15) is 0 Å². The SMILES string of the molecule is Brc1ccc2c(c1)c1ncccc1n2-c1cc(-c2ccccn2)cc(-c2ccccn2)c1.Brc1ccc2c(c1)c1ncccc1n2-c1cc(-c2ccccn2)nc(-c2ccccn2)c1.Brc1ccc2c(c1)c1ncccc1n2-c1ccc(-c2cc(-c3ccccc3)nc(-c3ccccc3)c2)cc1.Brc1ccc2c(c1)c1ncccc1n2-c1nc(-c2ccccc2)nc(-c2ccccc2)n1. The second kappa shape index (κ2) is 37.0. The van der Waals surface area contributed by atoms with Crippen LogP contribution in [0.25, 0.3) is 212 Å². The maximum atomic E-state index is 5.02. The van der Waals surface area contributed by atoms with E-state index >= 15 is 0 Å². The van der Waals surface area contributed by atoms with Crippen molar-refractivity contribution in [1.82, 2.24) is 83.1 Å². The molecule has 636 valence electrons. The largest absolute Gasteiger partial charge is 0.308 e. The molecule has 0 aliphatic carbocycles. The van der Waals surface area contributed by atoms with Gasteiger partial charge >= 0.3 is 0 Å². The minimum Gasteiger partial charge on any atom is -0.308 e. The number of pyridine rings is 10. The molecule has 134 heavy (non-hydrogen) atoms. The summed E-state index contributed by atoms with van der Waals surface area (Å²) in [4.78, 5) is 61.5. The molecule has 0 N–H and O–H groups in total. The van der Waals surface area contributed by atoms with Gasteiger partial charge in [-0.05, 0) is 236 Å². The monoisotopic (exact) mass is 1980 g/mol. The van der Waals surface area contributed by atoms with Gasteiger partial charge in [0.2, 0.25) is 5.95 Å². The molecule has 21 heteroatoms. The van der Waals surface area contributed by atoms with Gasteiger partial charge in [0.15, 0.2) is 11.6 Å². The molecule has 0 aliphatic rings. The molecule has 0 fully saturated rings. The van der Waals surface area contributed by atoms with E-state index in [1.165, 1.54) is 0 Å². The van der Waals surface area contributed by atoms with Crippen molar-refractivity contribution in [3.8, 4) is 125 Å². The van der Waals surface area contributed by atoms with E-state index in [1.807, 2.05) is 219 Å². The maximum Gasteiger partial charge on any atom is 0.238 e. The highest BCUT2D eigenvalue weighted by Gasteiger charge is 2.24. The fraction of sp³-hybridized carbons (Fsp3) is 0. The van der Waals surface area contributed by atoms with Crippen molar-refractivity contribution in [1.29, 1.82) is 0 Å². The van der Waals surface area contributed by atoms with Gasteiger partial charge in [-0.2, -0.15) is 9.97 Å². The van der Waals surface area contributed by atoms with Gasteiger partial charge in [0.25, 0.3) is 0 Å². The number of benzene rings is 10. The van der Waals surface area contributed by atoms with Gasteiger partial charge in [0, 0.05) is 134 Å². The highest BCUT2D eigenvalue weighted by molar-refractivity contribution is 9.11. The molecule has 15 heterocycles. The molecule has 0 aliphatic heterocycles. The van der Waals surface area contributed by atoms with Crippen LogP contribution in [0.15, 0.2) is 450 Å². The van der Waals surface area contributed by atoms with Crippen LogP contribution in [0.1, 0.15) is 0 Å². The van der Waals surface area contributed by atoms with Gasteiger partial charge in [0.05, 0.1) is 117 Å². The fourth-order valence-electron chi connectivity index (χ4n) is 17.2. The number of aromatic nitrogens is 17. The molecule has 17 nitrogen and oxygen atoms in total. The Morgan fingerprint density at radius 2 is 0.478 bits per heavy atom. The molecular weight excluding hydrogens is 1910 g/mol. The maximum absolute atomic E-state index is 5.02. The van der Waals surface area contributed by atoms with Crippen molar-refractivity contribution < 1.29 is 0 Å². The van der Waals surface area contributed by atoms with Crippen molar-refractivity contribution >= 4 is 151 Å². The minimum absolute atomic E-state index is 0.563. The van der Waals surface area contributed by atoms with Crippen molar-refractivity contribution in [2.24, 2.45) is 0 Å². The molecule has 0 atom stereocenters. The summed E-state index contributed by atoms with van der Waals surface area (Å²) in [7, 11) is 0. The second-order valence-electron chi connectivity index (χ2n) is 31.6. The Bertz CT molecular complexity index is 7850. The van der Waals surface area contributed by atoms with E-state index in [4.69, 9.17) is 34.9 Å². The van der Waals surface area contributed by atoms with Crippen LogP contribution in [0.4, 0.5) is 0 Å².